The second-order valence-electron chi connectivity index (χ2n) is 3.94. The SMILES string of the molecule is CC/C(=C\C=C(/C)O)C(C)C(C)C. The van der Waals surface area contributed by atoms with Gasteiger partial charge in [0.25, 0.3) is 0 Å². The molecule has 0 aromatic rings. The first-order valence-electron chi connectivity index (χ1n) is 5.05. The Morgan fingerprint density at radius 2 is 1.77 bits per heavy atom. The fraction of sp³-hybridized carbons (Fsp3) is 0.667. The molecule has 0 aromatic carbocycles. The molecule has 0 aliphatic carbocycles. The first-order valence-corrected chi connectivity index (χ1v) is 5.05. The Kier molecular flexibility index (Phi) is 5.52. The summed E-state index contributed by atoms with van der Waals surface area (Å²) in [6.45, 7) is 10.5. The van der Waals surface area contributed by atoms with E-state index >= 15 is 0 Å². The molecule has 0 amide bonds. The molecule has 0 bridgehead atoms. The summed E-state index contributed by atoms with van der Waals surface area (Å²) >= 11 is 0. The Labute approximate surface area is 82.2 Å². The summed E-state index contributed by atoms with van der Waals surface area (Å²) in [6, 6.07) is 0. The van der Waals surface area contributed by atoms with Gasteiger partial charge in [0.2, 0.25) is 0 Å². The lowest BCUT2D eigenvalue weighted by Crippen LogP contribution is -2.06. The lowest BCUT2D eigenvalue weighted by molar-refractivity contribution is 0.414. The predicted octanol–water partition coefficient (Wildman–Crippen LogP) is 4.08. The van der Waals surface area contributed by atoms with Crippen molar-refractivity contribution in [3.8, 4) is 0 Å². The number of aliphatic hydroxyl groups excluding tert-OH is 1. The van der Waals surface area contributed by atoms with Crippen LogP contribution in [0.25, 0.3) is 0 Å². The van der Waals surface area contributed by atoms with Crippen LogP contribution in [0.5, 0.6) is 0 Å². The molecular formula is C12H22O. The van der Waals surface area contributed by atoms with Gasteiger partial charge in [0.1, 0.15) is 0 Å². The van der Waals surface area contributed by atoms with Gasteiger partial charge in [0, 0.05) is 0 Å². The minimum absolute atomic E-state index is 0.377. The maximum absolute atomic E-state index is 9.03. The minimum atomic E-state index is 0.377. The summed E-state index contributed by atoms with van der Waals surface area (Å²) in [7, 11) is 0. The highest BCUT2D eigenvalue weighted by molar-refractivity contribution is 5.16. The Bertz CT molecular complexity index is 195. The Balaban J connectivity index is 4.50. The molecule has 0 heterocycles. The minimum Gasteiger partial charge on any atom is -0.513 e. The molecule has 76 valence electrons. The van der Waals surface area contributed by atoms with Crippen LogP contribution in [-0.2, 0) is 0 Å². The zero-order chi connectivity index (χ0) is 10.4. The van der Waals surface area contributed by atoms with Crippen LogP contribution in [-0.4, -0.2) is 5.11 Å². The van der Waals surface area contributed by atoms with E-state index in [9.17, 15) is 0 Å². The van der Waals surface area contributed by atoms with Crippen molar-refractivity contribution in [1.29, 1.82) is 0 Å². The molecule has 0 rings (SSSR count). The summed E-state index contributed by atoms with van der Waals surface area (Å²) < 4.78 is 0. The Morgan fingerprint density at radius 1 is 1.23 bits per heavy atom. The van der Waals surface area contributed by atoms with Gasteiger partial charge in [-0.1, -0.05) is 39.3 Å². The summed E-state index contributed by atoms with van der Waals surface area (Å²) in [5.74, 6) is 1.64. The van der Waals surface area contributed by atoms with E-state index < -0.39 is 0 Å². The van der Waals surface area contributed by atoms with Gasteiger partial charge in [0.05, 0.1) is 5.76 Å². The molecule has 0 saturated heterocycles. The maximum atomic E-state index is 9.03. The van der Waals surface area contributed by atoms with Crippen LogP contribution in [0.1, 0.15) is 41.0 Å². The predicted molar refractivity (Wildman–Crippen MR) is 58.8 cm³/mol. The number of rotatable bonds is 4. The second-order valence-corrected chi connectivity index (χ2v) is 3.94. The van der Waals surface area contributed by atoms with E-state index in [0.29, 0.717) is 17.6 Å². The normalized spacial score (nSPS) is 16.5. The van der Waals surface area contributed by atoms with Gasteiger partial charge >= 0.3 is 0 Å². The van der Waals surface area contributed by atoms with Gasteiger partial charge in [-0.3, -0.25) is 0 Å². The molecule has 13 heavy (non-hydrogen) atoms. The van der Waals surface area contributed by atoms with Crippen molar-refractivity contribution in [2.24, 2.45) is 11.8 Å². The molecular weight excluding hydrogens is 160 g/mol. The number of allylic oxidation sites excluding steroid dienone is 4. The highest BCUT2D eigenvalue weighted by Crippen LogP contribution is 2.22. The fourth-order valence-corrected chi connectivity index (χ4v) is 1.25. The van der Waals surface area contributed by atoms with E-state index in [4.69, 9.17) is 5.11 Å². The third-order valence-corrected chi connectivity index (χ3v) is 2.53. The molecule has 0 spiro atoms. The highest BCUT2D eigenvalue weighted by Gasteiger charge is 2.10. The number of hydrogen-bond donors (Lipinski definition) is 1. The lowest BCUT2D eigenvalue weighted by atomic mass is 9.88. The lowest BCUT2D eigenvalue weighted by Gasteiger charge is -2.18. The van der Waals surface area contributed by atoms with Gasteiger partial charge in [-0.2, -0.15) is 0 Å². The van der Waals surface area contributed by atoms with Gasteiger partial charge in [0.15, 0.2) is 0 Å². The van der Waals surface area contributed by atoms with Crippen molar-refractivity contribution < 1.29 is 5.11 Å². The Hall–Kier alpha value is -0.720. The molecule has 0 aromatic heterocycles. The topological polar surface area (TPSA) is 20.2 Å². The van der Waals surface area contributed by atoms with Gasteiger partial charge in [-0.15, -0.1) is 0 Å². The van der Waals surface area contributed by atoms with Gasteiger partial charge < -0.3 is 5.11 Å². The van der Waals surface area contributed by atoms with Crippen LogP contribution >= 0.6 is 0 Å². The maximum Gasteiger partial charge on any atom is 0.0891 e. The van der Waals surface area contributed by atoms with E-state index in [-0.39, 0.29) is 0 Å². The third kappa shape index (κ3) is 4.76. The van der Waals surface area contributed by atoms with Crippen molar-refractivity contribution >= 4 is 0 Å². The molecule has 0 fully saturated rings. The summed E-state index contributed by atoms with van der Waals surface area (Å²) in [6.07, 6.45) is 4.88. The molecule has 0 radical (unpaired) electrons. The van der Waals surface area contributed by atoms with Gasteiger partial charge in [-0.25, -0.2) is 0 Å². The van der Waals surface area contributed by atoms with Crippen LogP contribution in [0.15, 0.2) is 23.5 Å². The second kappa shape index (κ2) is 5.85. The van der Waals surface area contributed by atoms with Crippen LogP contribution < -0.4 is 0 Å². The van der Waals surface area contributed by atoms with Crippen LogP contribution in [0.2, 0.25) is 0 Å². The number of aliphatic hydroxyl groups is 1. The number of hydrogen-bond acceptors (Lipinski definition) is 1. The molecule has 1 atom stereocenters. The van der Waals surface area contributed by atoms with E-state index in [1.54, 1.807) is 13.0 Å². The molecule has 0 saturated carbocycles. The van der Waals surface area contributed by atoms with E-state index in [2.05, 4.69) is 27.7 Å². The zero-order valence-corrected chi connectivity index (χ0v) is 9.46. The van der Waals surface area contributed by atoms with Crippen molar-refractivity contribution in [1.82, 2.24) is 0 Å². The molecule has 0 aliphatic heterocycles. The zero-order valence-electron chi connectivity index (χ0n) is 9.46. The first-order chi connectivity index (χ1) is 5.99. The molecule has 1 N–H and O–H groups in total. The van der Waals surface area contributed by atoms with Gasteiger partial charge in [-0.05, 0) is 31.3 Å². The van der Waals surface area contributed by atoms with Crippen LogP contribution in [0, 0.1) is 11.8 Å². The van der Waals surface area contributed by atoms with Crippen molar-refractivity contribution in [2.75, 3.05) is 0 Å². The van der Waals surface area contributed by atoms with Crippen molar-refractivity contribution in [3.05, 3.63) is 23.5 Å². The average Bonchev–Trinajstić information content (AvgIpc) is 2.04. The fourth-order valence-electron chi connectivity index (χ4n) is 1.25. The molecule has 0 aliphatic rings. The van der Waals surface area contributed by atoms with Crippen LogP contribution in [0.3, 0.4) is 0 Å². The van der Waals surface area contributed by atoms with E-state index in [1.165, 1.54) is 5.57 Å². The smallest absolute Gasteiger partial charge is 0.0891 e. The summed E-state index contributed by atoms with van der Waals surface area (Å²) in [4.78, 5) is 0. The summed E-state index contributed by atoms with van der Waals surface area (Å²) in [5.41, 5.74) is 1.41. The standard InChI is InChI=1S/C12H22O/c1-6-12(8-7-10(4)13)11(5)9(2)3/h7-9,11,13H,6H2,1-5H3/b10-7+,12-8+. The molecule has 1 unspecified atom stereocenters. The van der Waals surface area contributed by atoms with E-state index in [0.717, 1.165) is 6.42 Å². The van der Waals surface area contributed by atoms with E-state index in [1.807, 2.05) is 6.08 Å². The highest BCUT2D eigenvalue weighted by atomic mass is 16.3. The monoisotopic (exact) mass is 182 g/mol. The van der Waals surface area contributed by atoms with Crippen molar-refractivity contribution in [2.45, 2.75) is 41.0 Å². The largest absolute Gasteiger partial charge is 0.513 e. The first kappa shape index (κ1) is 12.3. The Morgan fingerprint density at radius 3 is 2.08 bits per heavy atom. The summed E-state index contributed by atoms with van der Waals surface area (Å²) in [5, 5.41) is 9.03. The molecule has 1 nitrogen and oxygen atoms in total. The van der Waals surface area contributed by atoms with Crippen molar-refractivity contribution in [3.63, 3.8) is 0 Å². The molecule has 1 heteroatoms. The quantitative estimate of drug-likeness (QED) is 0.513. The average molecular weight is 182 g/mol. The van der Waals surface area contributed by atoms with Crippen LogP contribution in [0.4, 0.5) is 0 Å². The third-order valence-electron chi connectivity index (χ3n) is 2.53.